The summed E-state index contributed by atoms with van der Waals surface area (Å²) in [5, 5.41) is 9.56. The number of nitrogens with one attached hydrogen (secondary N) is 1. The van der Waals surface area contributed by atoms with Crippen LogP contribution in [0, 0.1) is 13.8 Å². The van der Waals surface area contributed by atoms with Gasteiger partial charge in [0.2, 0.25) is 0 Å². The number of rotatable bonds is 3. The molecule has 0 saturated heterocycles. The van der Waals surface area contributed by atoms with Gasteiger partial charge in [0.25, 0.3) is 5.91 Å². The monoisotopic (exact) mass is 374 g/mol. The topological polar surface area (TPSA) is 52.6 Å². The first-order chi connectivity index (χ1) is 13.6. The number of hydrogen-bond acceptors (Lipinski definition) is 3. The van der Waals surface area contributed by atoms with Crippen molar-refractivity contribution in [1.29, 1.82) is 0 Å². The highest BCUT2D eigenvalue weighted by molar-refractivity contribution is 5.89. The number of amides is 1. The van der Waals surface area contributed by atoms with E-state index in [4.69, 9.17) is 0 Å². The Hall–Kier alpha value is -2.85. The Labute approximate surface area is 166 Å². The number of hydroxylamine groups is 1. The fraction of sp³-hybridized carbons (Fsp3) is 0.292. The van der Waals surface area contributed by atoms with E-state index in [-0.39, 0.29) is 5.91 Å². The van der Waals surface area contributed by atoms with Crippen LogP contribution >= 0.6 is 0 Å². The summed E-state index contributed by atoms with van der Waals surface area (Å²) in [6.45, 7) is 4.97. The van der Waals surface area contributed by atoms with Gasteiger partial charge >= 0.3 is 0 Å². The zero-order valence-electron chi connectivity index (χ0n) is 16.4. The van der Waals surface area contributed by atoms with Crippen LogP contribution in [-0.4, -0.2) is 17.7 Å². The third-order valence-corrected chi connectivity index (χ3v) is 6.31. The number of hydrogen-bond donors (Lipinski definition) is 2. The van der Waals surface area contributed by atoms with Crippen LogP contribution in [0.2, 0.25) is 0 Å². The number of aryl methyl sites for hydroxylation is 1. The first-order valence-corrected chi connectivity index (χ1v) is 9.79. The molecule has 1 unspecified atom stereocenters. The standard InChI is InChI=1S/C24H26N2O2/c1-17-8-6-12-21(18(17)2)24(23(27)25-28)14-13-22-19(16-24)9-7-15-26(22)20-10-4-3-5-11-20/h3-12,28H,13-16H2,1-2H3,(H,25,27). The predicted molar refractivity (Wildman–Crippen MR) is 111 cm³/mol. The molecular formula is C24H26N2O2. The highest BCUT2D eigenvalue weighted by Crippen LogP contribution is 2.46. The molecule has 1 heterocycles. The number of allylic oxidation sites excluding steroid dienone is 3. The Kier molecular flexibility index (Phi) is 4.82. The minimum atomic E-state index is -0.756. The molecule has 144 valence electrons. The molecule has 28 heavy (non-hydrogen) atoms. The summed E-state index contributed by atoms with van der Waals surface area (Å²) in [7, 11) is 0. The number of nitrogens with zero attached hydrogens (tertiary/aromatic N) is 1. The summed E-state index contributed by atoms with van der Waals surface area (Å²) in [5.74, 6) is -0.321. The van der Waals surface area contributed by atoms with Gasteiger partial charge in [-0.05, 0) is 67.5 Å². The molecule has 0 bridgehead atoms. The fourth-order valence-corrected chi connectivity index (χ4v) is 4.67. The summed E-state index contributed by atoms with van der Waals surface area (Å²) in [6, 6.07) is 16.5. The number of benzene rings is 2. The van der Waals surface area contributed by atoms with Gasteiger partial charge in [-0.2, -0.15) is 0 Å². The van der Waals surface area contributed by atoms with E-state index < -0.39 is 5.41 Å². The largest absolute Gasteiger partial charge is 0.341 e. The molecule has 4 rings (SSSR count). The van der Waals surface area contributed by atoms with Gasteiger partial charge in [0.1, 0.15) is 0 Å². The second-order valence-electron chi connectivity index (χ2n) is 7.77. The molecule has 0 spiro atoms. The SMILES string of the molecule is Cc1cccc(C2(C(=O)NO)CCC3=C(C=CCN3c3ccccc3)C2)c1C. The number of para-hydroxylation sites is 1. The Bertz CT molecular complexity index is 962. The molecule has 0 radical (unpaired) electrons. The molecule has 2 aromatic carbocycles. The van der Waals surface area contributed by atoms with Crippen molar-refractivity contribution >= 4 is 11.6 Å². The third-order valence-electron chi connectivity index (χ3n) is 6.31. The van der Waals surface area contributed by atoms with Gasteiger partial charge in [-0.3, -0.25) is 10.0 Å². The molecule has 1 aliphatic carbocycles. The fourth-order valence-electron chi connectivity index (χ4n) is 4.67. The van der Waals surface area contributed by atoms with Crippen molar-refractivity contribution in [1.82, 2.24) is 5.48 Å². The Morgan fingerprint density at radius 1 is 1.11 bits per heavy atom. The van der Waals surface area contributed by atoms with Gasteiger partial charge in [0.05, 0.1) is 5.41 Å². The quantitative estimate of drug-likeness (QED) is 0.612. The molecule has 0 aromatic heterocycles. The lowest BCUT2D eigenvalue weighted by atomic mass is 9.66. The van der Waals surface area contributed by atoms with Crippen LogP contribution in [-0.2, 0) is 10.2 Å². The van der Waals surface area contributed by atoms with Crippen LogP contribution in [0.15, 0.2) is 72.0 Å². The number of carbonyl (C=O) groups is 1. The molecule has 4 heteroatoms. The summed E-state index contributed by atoms with van der Waals surface area (Å²) >= 11 is 0. The van der Waals surface area contributed by atoms with E-state index in [0.29, 0.717) is 12.8 Å². The minimum Gasteiger partial charge on any atom is -0.341 e. The summed E-state index contributed by atoms with van der Waals surface area (Å²) in [4.78, 5) is 15.3. The van der Waals surface area contributed by atoms with E-state index in [0.717, 1.165) is 29.7 Å². The highest BCUT2D eigenvalue weighted by atomic mass is 16.5. The van der Waals surface area contributed by atoms with Crippen molar-refractivity contribution in [3.8, 4) is 0 Å². The van der Waals surface area contributed by atoms with Gasteiger partial charge in [-0.1, -0.05) is 48.6 Å². The molecule has 0 fully saturated rings. The van der Waals surface area contributed by atoms with Crippen LogP contribution in [0.4, 0.5) is 5.69 Å². The molecule has 0 saturated carbocycles. The number of anilines is 1. The second kappa shape index (κ2) is 7.28. The maximum atomic E-state index is 13.0. The van der Waals surface area contributed by atoms with Crippen LogP contribution in [0.3, 0.4) is 0 Å². The lowest BCUT2D eigenvalue weighted by Crippen LogP contribution is -2.47. The zero-order chi connectivity index (χ0) is 19.7. The average molecular weight is 374 g/mol. The van der Waals surface area contributed by atoms with Gasteiger partial charge < -0.3 is 4.90 Å². The Balaban J connectivity index is 1.79. The molecule has 1 aliphatic heterocycles. The van der Waals surface area contributed by atoms with E-state index in [1.165, 1.54) is 17.0 Å². The predicted octanol–water partition coefficient (Wildman–Crippen LogP) is 4.56. The van der Waals surface area contributed by atoms with Crippen LogP contribution < -0.4 is 10.4 Å². The molecule has 2 aromatic rings. The van der Waals surface area contributed by atoms with Gasteiger partial charge in [-0.15, -0.1) is 0 Å². The first-order valence-electron chi connectivity index (χ1n) is 9.79. The van der Waals surface area contributed by atoms with Gasteiger partial charge in [-0.25, -0.2) is 5.48 Å². The van der Waals surface area contributed by atoms with Crippen molar-refractivity contribution in [3.63, 3.8) is 0 Å². The van der Waals surface area contributed by atoms with Crippen molar-refractivity contribution in [2.24, 2.45) is 0 Å². The van der Waals surface area contributed by atoms with E-state index >= 15 is 0 Å². The second-order valence-corrected chi connectivity index (χ2v) is 7.77. The highest BCUT2D eigenvalue weighted by Gasteiger charge is 2.45. The summed E-state index contributed by atoms with van der Waals surface area (Å²) < 4.78 is 0. The van der Waals surface area contributed by atoms with E-state index in [9.17, 15) is 10.0 Å². The lowest BCUT2D eigenvalue weighted by Gasteiger charge is -2.42. The van der Waals surface area contributed by atoms with Crippen LogP contribution in [0.5, 0.6) is 0 Å². The van der Waals surface area contributed by atoms with Crippen molar-refractivity contribution < 1.29 is 10.0 Å². The van der Waals surface area contributed by atoms with Crippen LogP contribution in [0.25, 0.3) is 0 Å². The molecule has 1 atom stereocenters. The smallest absolute Gasteiger partial charge is 0.254 e. The Morgan fingerprint density at radius 2 is 1.89 bits per heavy atom. The van der Waals surface area contributed by atoms with E-state index in [1.54, 1.807) is 0 Å². The van der Waals surface area contributed by atoms with Gasteiger partial charge in [0, 0.05) is 17.9 Å². The summed E-state index contributed by atoms with van der Waals surface area (Å²) in [6.07, 6.45) is 6.34. The maximum Gasteiger partial charge on any atom is 0.254 e. The molecule has 2 N–H and O–H groups in total. The minimum absolute atomic E-state index is 0.321. The molecular weight excluding hydrogens is 348 g/mol. The van der Waals surface area contributed by atoms with E-state index in [1.807, 2.05) is 23.7 Å². The Morgan fingerprint density at radius 3 is 2.64 bits per heavy atom. The normalized spacial score (nSPS) is 21.5. The molecule has 2 aliphatic rings. The van der Waals surface area contributed by atoms with Crippen molar-refractivity contribution in [2.45, 2.75) is 38.5 Å². The average Bonchev–Trinajstić information content (AvgIpc) is 2.74. The first kappa shape index (κ1) is 18.5. The number of carbonyl (C=O) groups excluding carboxylic acids is 1. The van der Waals surface area contributed by atoms with E-state index in [2.05, 4.69) is 61.2 Å². The summed E-state index contributed by atoms with van der Waals surface area (Å²) in [5.41, 5.74) is 8.12. The maximum absolute atomic E-state index is 13.0. The van der Waals surface area contributed by atoms with Crippen molar-refractivity contribution in [3.05, 3.63) is 88.6 Å². The molecule has 1 amide bonds. The third kappa shape index (κ3) is 2.94. The van der Waals surface area contributed by atoms with Crippen molar-refractivity contribution in [2.75, 3.05) is 11.4 Å². The van der Waals surface area contributed by atoms with Crippen LogP contribution in [0.1, 0.15) is 36.0 Å². The van der Waals surface area contributed by atoms with Gasteiger partial charge in [0.15, 0.2) is 0 Å². The molecule has 4 nitrogen and oxygen atoms in total. The zero-order valence-corrected chi connectivity index (χ0v) is 16.4. The lowest BCUT2D eigenvalue weighted by molar-refractivity contribution is -0.135.